The van der Waals surface area contributed by atoms with E-state index in [9.17, 15) is 0 Å². The van der Waals surface area contributed by atoms with Gasteiger partial charge in [0.1, 0.15) is 0 Å². The van der Waals surface area contributed by atoms with Crippen LogP contribution in [-0.2, 0) is 0 Å². The van der Waals surface area contributed by atoms with Crippen LogP contribution in [0.1, 0.15) is 13.3 Å². The molecule has 0 heterocycles. The molecule has 0 aliphatic carbocycles. The fourth-order valence-electron chi connectivity index (χ4n) is 0. The molecule has 68 valence electrons. The summed E-state index contributed by atoms with van der Waals surface area (Å²) in [7, 11) is 6.00. The van der Waals surface area contributed by atoms with E-state index < -0.39 is 0 Å². The largest absolute Gasteiger partial charge is 0.330 e. The number of hydrogen-bond acceptors (Lipinski definition) is 2. The minimum atomic E-state index is 0. The number of hydrogen-bond donors (Lipinski definition) is 1. The molecule has 0 radical (unpaired) electrons. The van der Waals surface area contributed by atoms with Crippen LogP contribution in [0.25, 0.3) is 0 Å². The highest BCUT2D eigenvalue weighted by atomic mass is 35.5. The summed E-state index contributed by atoms with van der Waals surface area (Å²) in [5, 5.41) is 0. The summed E-state index contributed by atoms with van der Waals surface area (Å²) >= 11 is 0. The lowest BCUT2D eigenvalue weighted by Crippen LogP contribution is -1.99. The first-order valence-electron chi connectivity index (χ1n) is 2.96. The minimum Gasteiger partial charge on any atom is -0.330 e. The Hall–Kier alpha value is 0.500. The summed E-state index contributed by atoms with van der Waals surface area (Å²) in [6.45, 7) is 2.88. The van der Waals surface area contributed by atoms with Crippen molar-refractivity contribution in [1.29, 1.82) is 0 Å². The second-order valence-electron chi connectivity index (χ2n) is 2.13. The predicted octanol–water partition coefficient (Wildman–Crippen LogP) is 1.38. The predicted molar refractivity (Wildman–Crippen MR) is 53.5 cm³/mol. The molecule has 0 aliphatic rings. The van der Waals surface area contributed by atoms with E-state index in [0.717, 1.165) is 13.0 Å². The van der Waals surface area contributed by atoms with Crippen molar-refractivity contribution in [3.8, 4) is 0 Å². The average Bonchev–Trinajstić information content (AvgIpc) is 1.65. The van der Waals surface area contributed by atoms with E-state index >= 15 is 0 Å². The van der Waals surface area contributed by atoms with Crippen molar-refractivity contribution >= 4 is 24.8 Å². The molecule has 0 amide bonds. The van der Waals surface area contributed by atoms with Gasteiger partial charge in [-0.25, -0.2) is 0 Å². The second-order valence-corrected chi connectivity index (χ2v) is 2.13. The van der Waals surface area contributed by atoms with Crippen LogP contribution in [0, 0.1) is 0 Å². The molecule has 0 aliphatic heterocycles. The van der Waals surface area contributed by atoms with E-state index in [1.165, 1.54) is 0 Å². The standard InChI is InChI=1S/2C3H9N.2ClH/c1-4(2)3;1-2-3-4;;/h1-3H3;2-4H2,1H3;2*1H. The lowest BCUT2D eigenvalue weighted by Gasteiger charge is -1.90. The summed E-state index contributed by atoms with van der Waals surface area (Å²) in [5.41, 5.74) is 5.03. The SMILES string of the molecule is CCCN.CN(C)C.Cl.Cl. The van der Waals surface area contributed by atoms with Gasteiger partial charge in [-0.15, -0.1) is 24.8 Å². The molecular weight excluding hydrogens is 171 g/mol. The maximum Gasteiger partial charge on any atom is -0.00799 e. The first kappa shape index (κ1) is 22.4. The van der Waals surface area contributed by atoms with Crippen molar-refractivity contribution in [3.63, 3.8) is 0 Å². The van der Waals surface area contributed by atoms with Gasteiger partial charge in [-0.1, -0.05) is 6.92 Å². The van der Waals surface area contributed by atoms with Crippen LogP contribution in [0.3, 0.4) is 0 Å². The van der Waals surface area contributed by atoms with Gasteiger partial charge in [0.15, 0.2) is 0 Å². The molecule has 10 heavy (non-hydrogen) atoms. The van der Waals surface area contributed by atoms with E-state index in [-0.39, 0.29) is 24.8 Å². The van der Waals surface area contributed by atoms with Crippen molar-refractivity contribution in [2.75, 3.05) is 27.7 Å². The Labute approximate surface area is 77.0 Å². The molecule has 0 aromatic rings. The lowest BCUT2D eigenvalue weighted by molar-refractivity contribution is 0.505. The first-order valence-corrected chi connectivity index (χ1v) is 2.96. The fraction of sp³-hybridized carbons (Fsp3) is 1.00. The minimum absolute atomic E-state index is 0. The van der Waals surface area contributed by atoms with Crippen LogP contribution in [0.4, 0.5) is 0 Å². The number of halogens is 2. The zero-order valence-electron chi connectivity index (χ0n) is 7.26. The maximum absolute atomic E-state index is 5.03. The Morgan fingerprint density at radius 3 is 1.20 bits per heavy atom. The monoisotopic (exact) mass is 190 g/mol. The van der Waals surface area contributed by atoms with Crippen molar-refractivity contribution < 1.29 is 0 Å². The Morgan fingerprint density at radius 2 is 1.20 bits per heavy atom. The van der Waals surface area contributed by atoms with Gasteiger partial charge in [0, 0.05) is 0 Å². The smallest absolute Gasteiger partial charge is 0.00799 e. The van der Waals surface area contributed by atoms with Crippen molar-refractivity contribution in [1.82, 2.24) is 4.90 Å². The molecule has 0 fully saturated rings. The van der Waals surface area contributed by atoms with Gasteiger partial charge >= 0.3 is 0 Å². The molecule has 0 aromatic heterocycles. The molecule has 0 bridgehead atoms. The molecule has 2 nitrogen and oxygen atoms in total. The summed E-state index contributed by atoms with van der Waals surface area (Å²) in [6.07, 6.45) is 1.10. The van der Waals surface area contributed by atoms with Crippen LogP contribution in [0.5, 0.6) is 0 Å². The first-order chi connectivity index (χ1) is 3.65. The molecule has 0 unspecified atom stereocenters. The van der Waals surface area contributed by atoms with Crippen LogP contribution >= 0.6 is 24.8 Å². The van der Waals surface area contributed by atoms with E-state index in [2.05, 4.69) is 6.92 Å². The highest BCUT2D eigenvalue weighted by Crippen LogP contribution is 1.57. The molecule has 0 aromatic carbocycles. The maximum atomic E-state index is 5.03. The van der Waals surface area contributed by atoms with Crippen LogP contribution in [0.15, 0.2) is 0 Å². The summed E-state index contributed by atoms with van der Waals surface area (Å²) < 4.78 is 0. The highest BCUT2D eigenvalue weighted by molar-refractivity contribution is 5.85. The van der Waals surface area contributed by atoms with Crippen LogP contribution in [0.2, 0.25) is 0 Å². The molecule has 0 saturated heterocycles. The highest BCUT2D eigenvalue weighted by Gasteiger charge is 1.58. The summed E-state index contributed by atoms with van der Waals surface area (Å²) in [5.74, 6) is 0. The van der Waals surface area contributed by atoms with Crippen LogP contribution in [-0.4, -0.2) is 32.6 Å². The van der Waals surface area contributed by atoms with Crippen molar-refractivity contribution in [2.45, 2.75) is 13.3 Å². The van der Waals surface area contributed by atoms with Gasteiger partial charge in [-0.3, -0.25) is 0 Å². The molecule has 0 spiro atoms. The third-order valence-corrected chi connectivity index (χ3v) is 0.289. The van der Waals surface area contributed by atoms with Crippen molar-refractivity contribution in [2.24, 2.45) is 5.73 Å². The normalized spacial score (nSPS) is 6.60. The Morgan fingerprint density at radius 1 is 1.10 bits per heavy atom. The molecule has 4 heteroatoms. The molecule has 2 N–H and O–H groups in total. The van der Waals surface area contributed by atoms with Gasteiger partial charge < -0.3 is 10.6 Å². The third kappa shape index (κ3) is 212. The van der Waals surface area contributed by atoms with E-state index in [1.807, 2.05) is 26.0 Å². The van der Waals surface area contributed by atoms with Crippen LogP contribution < -0.4 is 5.73 Å². The zero-order valence-corrected chi connectivity index (χ0v) is 8.89. The topological polar surface area (TPSA) is 29.3 Å². The molecule has 0 rings (SSSR count). The van der Waals surface area contributed by atoms with Gasteiger partial charge in [0.05, 0.1) is 0 Å². The van der Waals surface area contributed by atoms with E-state index in [1.54, 1.807) is 0 Å². The molecule has 0 saturated carbocycles. The van der Waals surface area contributed by atoms with Gasteiger partial charge in [0.25, 0.3) is 0 Å². The Balaban J connectivity index is -0.0000000300. The quantitative estimate of drug-likeness (QED) is 0.678. The molecule has 0 atom stereocenters. The lowest BCUT2D eigenvalue weighted by atomic mass is 10.5. The van der Waals surface area contributed by atoms with Gasteiger partial charge in [0.2, 0.25) is 0 Å². The summed E-state index contributed by atoms with van der Waals surface area (Å²) in [4.78, 5) is 2.00. The van der Waals surface area contributed by atoms with E-state index in [4.69, 9.17) is 5.73 Å². The van der Waals surface area contributed by atoms with E-state index in [0.29, 0.717) is 0 Å². The zero-order chi connectivity index (χ0) is 6.99. The number of rotatable bonds is 1. The third-order valence-electron chi connectivity index (χ3n) is 0.289. The molecular formula is C6H20Cl2N2. The van der Waals surface area contributed by atoms with Gasteiger partial charge in [-0.2, -0.15) is 0 Å². The number of nitrogens with two attached hydrogens (primary N) is 1. The van der Waals surface area contributed by atoms with Gasteiger partial charge in [-0.05, 0) is 34.1 Å². The second kappa shape index (κ2) is 22.7. The average molecular weight is 191 g/mol. The Bertz CT molecular complexity index is 30.2. The summed E-state index contributed by atoms with van der Waals surface area (Å²) in [6, 6.07) is 0. The Kier molecular flexibility index (Phi) is 50.9. The fourth-order valence-corrected chi connectivity index (χ4v) is 0. The van der Waals surface area contributed by atoms with Crippen molar-refractivity contribution in [3.05, 3.63) is 0 Å². The number of nitrogens with zero attached hydrogens (tertiary/aromatic N) is 1.